The predicted molar refractivity (Wildman–Crippen MR) is 146 cm³/mol. The first-order valence-corrected chi connectivity index (χ1v) is 13.0. The van der Waals surface area contributed by atoms with Gasteiger partial charge in [-0.25, -0.2) is 9.97 Å². The molecule has 2 aliphatic rings. The number of amides is 1. The van der Waals surface area contributed by atoms with E-state index in [0.717, 1.165) is 66.3 Å². The van der Waals surface area contributed by atoms with Crippen molar-refractivity contribution in [2.75, 3.05) is 33.4 Å². The van der Waals surface area contributed by atoms with Gasteiger partial charge in [-0.2, -0.15) is 0 Å². The van der Waals surface area contributed by atoms with E-state index in [2.05, 4.69) is 47.2 Å². The van der Waals surface area contributed by atoms with Gasteiger partial charge in [0.25, 0.3) is 0 Å². The van der Waals surface area contributed by atoms with Crippen molar-refractivity contribution >= 4 is 11.7 Å². The number of carbonyl (C=O) groups excluding carboxylic acids is 1. The number of hydrogen-bond acceptors (Lipinski definition) is 6. The Morgan fingerprint density at radius 1 is 1.18 bits per heavy atom. The number of benzene rings is 2. The average molecular weight is 510 g/mol. The fourth-order valence-electron chi connectivity index (χ4n) is 5.42. The molecule has 2 aliphatic heterocycles. The van der Waals surface area contributed by atoms with E-state index in [-0.39, 0.29) is 11.9 Å². The summed E-state index contributed by atoms with van der Waals surface area (Å²) in [6.45, 7) is 6.69. The monoisotopic (exact) mass is 509 g/mol. The number of ether oxygens (including phenoxy) is 2. The van der Waals surface area contributed by atoms with Crippen molar-refractivity contribution in [3.63, 3.8) is 0 Å². The zero-order valence-corrected chi connectivity index (χ0v) is 21.5. The second-order valence-electron chi connectivity index (χ2n) is 9.84. The topological polar surface area (TPSA) is 81.0 Å². The third kappa shape index (κ3) is 4.52. The van der Waals surface area contributed by atoms with Gasteiger partial charge in [-0.3, -0.25) is 9.20 Å². The third-order valence-corrected chi connectivity index (χ3v) is 7.56. The third-order valence-electron chi connectivity index (χ3n) is 7.56. The molecule has 1 N–H and O–H groups in total. The molecule has 8 nitrogen and oxygen atoms in total. The maximum atomic E-state index is 11.8. The highest BCUT2D eigenvalue weighted by Gasteiger charge is 2.28. The number of nitrogens with zero attached hydrogens (tertiary/aromatic N) is 4. The lowest BCUT2D eigenvalue weighted by molar-refractivity contribution is -0.127. The molecule has 1 atom stereocenters. The van der Waals surface area contributed by atoms with Crippen LogP contribution in [-0.2, 0) is 4.79 Å². The van der Waals surface area contributed by atoms with E-state index in [4.69, 9.17) is 14.5 Å². The molecule has 0 aliphatic carbocycles. The number of hydrogen-bond donors (Lipinski definition) is 1. The number of methoxy groups -OCH3 is 1. The Labute approximate surface area is 221 Å². The minimum Gasteiger partial charge on any atom is -0.494 e. The van der Waals surface area contributed by atoms with Crippen molar-refractivity contribution in [3.8, 4) is 34.0 Å². The van der Waals surface area contributed by atoms with Gasteiger partial charge in [-0.1, -0.05) is 49.0 Å². The van der Waals surface area contributed by atoms with Crippen LogP contribution in [0.5, 0.6) is 11.5 Å². The van der Waals surface area contributed by atoms with Crippen LogP contribution in [0.1, 0.15) is 24.4 Å². The normalized spacial score (nSPS) is 17.3. The lowest BCUT2D eigenvalue weighted by Gasteiger charge is -2.32. The molecule has 0 unspecified atom stereocenters. The Morgan fingerprint density at radius 3 is 2.76 bits per heavy atom. The van der Waals surface area contributed by atoms with E-state index in [9.17, 15) is 4.79 Å². The van der Waals surface area contributed by atoms with Crippen LogP contribution in [0.25, 0.3) is 28.3 Å². The number of nitrogens with one attached hydrogen (secondary N) is 1. The first-order chi connectivity index (χ1) is 18.6. The Morgan fingerprint density at radius 2 is 2.00 bits per heavy atom. The molecule has 0 bridgehead atoms. The van der Waals surface area contributed by atoms with Crippen LogP contribution in [0.15, 0.2) is 73.6 Å². The Kier molecular flexibility index (Phi) is 6.55. The number of rotatable bonds is 7. The van der Waals surface area contributed by atoms with Crippen molar-refractivity contribution < 1.29 is 14.3 Å². The molecule has 1 fully saturated rings. The maximum Gasteiger partial charge on any atom is 0.245 e. The first-order valence-electron chi connectivity index (χ1n) is 13.0. The van der Waals surface area contributed by atoms with E-state index in [1.807, 2.05) is 33.7 Å². The molecule has 1 saturated heterocycles. The minimum atomic E-state index is 0.0290. The fraction of sp³-hybridized carbons (Fsp3) is 0.300. The van der Waals surface area contributed by atoms with Crippen LogP contribution in [0.4, 0.5) is 0 Å². The van der Waals surface area contributed by atoms with Gasteiger partial charge in [0, 0.05) is 29.8 Å². The van der Waals surface area contributed by atoms with Gasteiger partial charge >= 0.3 is 0 Å². The second-order valence-corrected chi connectivity index (χ2v) is 9.84. The first kappa shape index (κ1) is 24.2. The van der Waals surface area contributed by atoms with Crippen molar-refractivity contribution in [1.29, 1.82) is 0 Å². The largest absolute Gasteiger partial charge is 0.494 e. The highest BCUT2D eigenvalue weighted by Crippen LogP contribution is 2.39. The number of carbonyl (C=O) groups is 1. The SMILES string of the molecule is C=CC(=O)N1CCC(CN[C@H]2COc3cc(-c4nc5ncc(OC)cn5c4-c4ccccc4)ccc32)CC1. The van der Waals surface area contributed by atoms with Gasteiger partial charge in [-0.15, -0.1) is 0 Å². The van der Waals surface area contributed by atoms with Crippen molar-refractivity contribution in [3.05, 3.63) is 79.1 Å². The molecule has 194 valence electrons. The summed E-state index contributed by atoms with van der Waals surface area (Å²) in [7, 11) is 1.64. The van der Waals surface area contributed by atoms with Crippen LogP contribution in [0.3, 0.4) is 0 Å². The summed E-state index contributed by atoms with van der Waals surface area (Å²) in [6, 6.07) is 16.7. The number of aromatic nitrogens is 3. The van der Waals surface area contributed by atoms with Gasteiger partial charge in [-0.05, 0) is 37.4 Å². The van der Waals surface area contributed by atoms with Crippen LogP contribution >= 0.6 is 0 Å². The molecule has 6 rings (SSSR count). The maximum absolute atomic E-state index is 11.8. The molecule has 0 radical (unpaired) electrons. The lowest BCUT2D eigenvalue weighted by atomic mass is 9.95. The summed E-state index contributed by atoms with van der Waals surface area (Å²) < 4.78 is 13.5. The van der Waals surface area contributed by atoms with Gasteiger partial charge < -0.3 is 19.7 Å². The Hall–Kier alpha value is -4.17. The number of piperidine rings is 1. The van der Waals surface area contributed by atoms with E-state index in [0.29, 0.717) is 24.1 Å². The molecule has 4 aromatic rings. The highest BCUT2D eigenvalue weighted by atomic mass is 16.5. The minimum absolute atomic E-state index is 0.0290. The summed E-state index contributed by atoms with van der Waals surface area (Å²) >= 11 is 0. The zero-order valence-electron chi connectivity index (χ0n) is 21.5. The smallest absolute Gasteiger partial charge is 0.245 e. The number of fused-ring (bicyclic) bond motifs is 2. The molecule has 38 heavy (non-hydrogen) atoms. The van der Waals surface area contributed by atoms with E-state index < -0.39 is 0 Å². The standard InChI is InChI=1S/C30H31N5O3/c1-3-27(36)34-13-11-20(12-14-34)16-31-25-19-38-26-15-22(9-10-24(25)26)28-29(21-7-5-4-6-8-21)35-18-23(37-2)17-32-30(35)33-28/h3-10,15,17-18,20,25,31H,1,11-14,16,19H2,2H3/t25-/m0/s1. The van der Waals surface area contributed by atoms with Crippen molar-refractivity contribution in [2.45, 2.75) is 18.9 Å². The zero-order chi connectivity index (χ0) is 26.1. The number of likely N-dealkylation sites (tertiary alicyclic amines) is 1. The highest BCUT2D eigenvalue weighted by molar-refractivity contribution is 5.87. The molecular weight excluding hydrogens is 478 g/mol. The van der Waals surface area contributed by atoms with Gasteiger partial charge in [0.1, 0.15) is 12.4 Å². The van der Waals surface area contributed by atoms with Gasteiger partial charge in [0.15, 0.2) is 5.75 Å². The van der Waals surface area contributed by atoms with Crippen LogP contribution in [-0.4, -0.2) is 58.5 Å². The molecule has 2 aromatic carbocycles. The predicted octanol–water partition coefficient (Wildman–Crippen LogP) is 4.52. The van der Waals surface area contributed by atoms with E-state index in [1.54, 1.807) is 13.3 Å². The second kappa shape index (κ2) is 10.3. The Balaban J connectivity index is 1.23. The Bertz CT molecular complexity index is 1470. The lowest BCUT2D eigenvalue weighted by Crippen LogP contribution is -2.40. The van der Waals surface area contributed by atoms with Crippen LogP contribution in [0.2, 0.25) is 0 Å². The van der Waals surface area contributed by atoms with E-state index >= 15 is 0 Å². The molecule has 4 heterocycles. The molecule has 8 heteroatoms. The quantitative estimate of drug-likeness (QED) is 0.369. The van der Waals surface area contributed by atoms with Crippen molar-refractivity contribution in [1.82, 2.24) is 24.6 Å². The van der Waals surface area contributed by atoms with Gasteiger partial charge in [0.05, 0.1) is 36.9 Å². The molecule has 2 aromatic heterocycles. The van der Waals surface area contributed by atoms with Crippen LogP contribution in [0, 0.1) is 5.92 Å². The summed E-state index contributed by atoms with van der Waals surface area (Å²) in [4.78, 5) is 23.1. The van der Waals surface area contributed by atoms with Gasteiger partial charge in [0.2, 0.25) is 11.7 Å². The average Bonchev–Trinajstić information content (AvgIpc) is 3.56. The molecular formula is C30H31N5O3. The summed E-state index contributed by atoms with van der Waals surface area (Å²) in [5.41, 5.74) is 5.00. The molecule has 0 spiro atoms. The van der Waals surface area contributed by atoms with E-state index in [1.165, 1.54) is 6.08 Å². The van der Waals surface area contributed by atoms with Crippen molar-refractivity contribution in [2.24, 2.45) is 5.92 Å². The van der Waals surface area contributed by atoms with Crippen LogP contribution < -0.4 is 14.8 Å². The number of imidazole rings is 1. The molecule has 0 saturated carbocycles. The fourth-order valence-corrected chi connectivity index (χ4v) is 5.42. The summed E-state index contributed by atoms with van der Waals surface area (Å²) in [5.74, 6) is 2.74. The molecule has 1 amide bonds. The summed E-state index contributed by atoms with van der Waals surface area (Å²) in [6.07, 6.45) is 7.01. The summed E-state index contributed by atoms with van der Waals surface area (Å²) in [5, 5.41) is 3.70.